The Hall–Kier alpha value is -2.40. The van der Waals surface area contributed by atoms with Crippen LogP contribution in [-0.4, -0.2) is 34.6 Å². The number of rotatable bonds is 7. The molecule has 2 aromatic heterocycles. The zero-order valence-corrected chi connectivity index (χ0v) is 17.7. The molecule has 1 saturated carbocycles. The van der Waals surface area contributed by atoms with Gasteiger partial charge in [-0.3, -0.25) is 5.10 Å². The molecule has 1 atom stereocenters. The number of halogens is 4. The summed E-state index contributed by atoms with van der Waals surface area (Å²) in [7, 11) is -4.14. The minimum absolute atomic E-state index is 0.0160. The lowest BCUT2D eigenvalue weighted by Crippen LogP contribution is -2.39. The van der Waals surface area contributed by atoms with Gasteiger partial charge in [0, 0.05) is 41.0 Å². The van der Waals surface area contributed by atoms with Gasteiger partial charge in [-0.15, -0.1) is 0 Å². The summed E-state index contributed by atoms with van der Waals surface area (Å²) in [6.07, 6.45) is -1.51. The Balaban J connectivity index is 1.90. The lowest BCUT2D eigenvalue weighted by molar-refractivity contribution is -0.152. The summed E-state index contributed by atoms with van der Waals surface area (Å²) >= 11 is 0. The summed E-state index contributed by atoms with van der Waals surface area (Å²) in [6, 6.07) is 1.59. The summed E-state index contributed by atoms with van der Waals surface area (Å²) < 4.78 is 84.9. The predicted molar refractivity (Wildman–Crippen MR) is 108 cm³/mol. The first kappa shape index (κ1) is 21.8. The second-order valence-corrected chi connectivity index (χ2v) is 10.3. The van der Waals surface area contributed by atoms with E-state index in [-0.39, 0.29) is 22.4 Å². The number of nitrogens with one attached hydrogen (secondary N) is 2. The van der Waals surface area contributed by atoms with Crippen molar-refractivity contribution in [3.8, 4) is 11.3 Å². The van der Waals surface area contributed by atoms with Gasteiger partial charge in [-0.05, 0) is 37.0 Å². The molecule has 4 rings (SSSR count). The van der Waals surface area contributed by atoms with Crippen LogP contribution < -0.4 is 4.72 Å². The molecule has 0 bridgehead atoms. The molecule has 1 aromatic carbocycles. The molecule has 0 spiro atoms. The van der Waals surface area contributed by atoms with Crippen molar-refractivity contribution in [3.63, 3.8) is 0 Å². The van der Waals surface area contributed by atoms with Crippen LogP contribution in [0.4, 0.5) is 17.6 Å². The first-order valence-corrected chi connectivity index (χ1v) is 11.4. The molecule has 1 aliphatic rings. The van der Waals surface area contributed by atoms with Gasteiger partial charge in [0.15, 0.2) is 0 Å². The Morgan fingerprint density at radius 2 is 2.00 bits per heavy atom. The van der Waals surface area contributed by atoms with E-state index >= 15 is 0 Å². The van der Waals surface area contributed by atoms with E-state index in [4.69, 9.17) is 0 Å². The number of sulfonamides is 1. The van der Waals surface area contributed by atoms with Gasteiger partial charge in [-0.2, -0.15) is 23.0 Å². The fraction of sp³-hybridized carbons (Fsp3) is 0.450. The van der Waals surface area contributed by atoms with Crippen molar-refractivity contribution >= 4 is 20.9 Å². The lowest BCUT2D eigenvalue weighted by Gasteiger charge is -2.21. The third-order valence-corrected chi connectivity index (χ3v) is 7.15. The van der Waals surface area contributed by atoms with E-state index in [9.17, 15) is 26.0 Å². The molecule has 0 amide bonds. The van der Waals surface area contributed by atoms with Crippen molar-refractivity contribution in [1.29, 1.82) is 0 Å². The Kier molecular flexibility index (Phi) is 5.37. The molecule has 0 aliphatic heterocycles. The number of nitrogens with zero attached hydrogens (tertiary/aromatic N) is 2. The molecular formula is C20H22F4N4O2S. The van der Waals surface area contributed by atoms with E-state index in [0.29, 0.717) is 30.6 Å². The zero-order valence-electron chi connectivity index (χ0n) is 16.9. The predicted octanol–water partition coefficient (Wildman–Crippen LogP) is 4.51. The average molecular weight is 458 g/mol. The minimum Gasteiger partial charge on any atom is -0.347 e. The zero-order chi connectivity index (χ0) is 22.6. The van der Waals surface area contributed by atoms with Crippen LogP contribution in [0.5, 0.6) is 0 Å². The molecule has 6 nitrogen and oxygen atoms in total. The fourth-order valence-corrected chi connectivity index (χ4v) is 5.21. The molecule has 0 saturated heterocycles. The van der Waals surface area contributed by atoms with E-state index < -0.39 is 33.3 Å². The molecule has 1 fully saturated rings. The molecule has 168 valence electrons. The summed E-state index contributed by atoms with van der Waals surface area (Å²) in [5.74, 6) is -0.636. The van der Waals surface area contributed by atoms with E-state index in [2.05, 4.69) is 10.2 Å². The number of aromatic nitrogens is 3. The quantitative estimate of drug-likeness (QED) is 0.511. The van der Waals surface area contributed by atoms with Gasteiger partial charge in [-0.25, -0.2) is 12.8 Å². The first-order chi connectivity index (χ1) is 14.5. The smallest absolute Gasteiger partial charge is 0.347 e. The second kappa shape index (κ2) is 7.63. The van der Waals surface area contributed by atoms with Gasteiger partial charge in [0.2, 0.25) is 10.0 Å². The second-order valence-electron chi connectivity index (χ2n) is 8.29. The lowest BCUT2D eigenvalue weighted by atomic mass is 10.0. The summed E-state index contributed by atoms with van der Waals surface area (Å²) in [4.78, 5) is 0. The molecule has 2 N–H and O–H groups in total. The summed E-state index contributed by atoms with van der Waals surface area (Å²) in [5.41, 5.74) is 0.624. The summed E-state index contributed by atoms with van der Waals surface area (Å²) in [5, 5.41) is 5.65. The number of fused-ring (bicyclic) bond motifs is 1. The molecule has 1 aliphatic carbocycles. The van der Waals surface area contributed by atoms with Crippen molar-refractivity contribution in [3.05, 3.63) is 42.0 Å². The van der Waals surface area contributed by atoms with Gasteiger partial charge >= 0.3 is 6.18 Å². The average Bonchev–Trinajstić information content (AvgIpc) is 3.30. The van der Waals surface area contributed by atoms with Crippen molar-refractivity contribution in [2.75, 3.05) is 0 Å². The Bertz CT molecular complexity index is 1200. The standard InChI is InChI=1S/C20H22F4N4O2S/c1-11(2)9-28-10-15(19(20(22,23)24)27-31(29,30)12-3-4-12)13-7-16(21)14(8-18(13)28)17-5-6-25-26-17/h5-8,10-12,19,27H,3-4,9H2,1-2H3,(H,25,26). The summed E-state index contributed by atoms with van der Waals surface area (Å²) in [6.45, 7) is 4.19. The van der Waals surface area contributed by atoms with Crippen molar-refractivity contribution in [2.45, 2.75) is 50.7 Å². The van der Waals surface area contributed by atoms with E-state index in [0.717, 1.165) is 6.07 Å². The van der Waals surface area contributed by atoms with Crippen LogP contribution in [0.15, 0.2) is 30.6 Å². The first-order valence-electron chi connectivity index (χ1n) is 9.87. The SMILES string of the molecule is CC(C)Cn1cc(C(NS(=O)(=O)C2CC2)C(F)(F)F)c2cc(F)c(-c3ccn[nH]3)cc21. The number of H-pyrrole nitrogens is 1. The normalized spacial score (nSPS) is 16.4. The highest BCUT2D eigenvalue weighted by Gasteiger charge is 2.47. The Morgan fingerprint density at radius 3 is 2.55 bits per heavy atom. The largest absolute Gasteiger partial charge is 0.408 e. The topological polar surface area (TPSA) is 79.8 Å². The molecule has 0 radical (unpaired) electrons. The van der Waals surface area contributed by atoms with Gasteiger partial charge in [0.1, 0.15) is 11.9 Å². The van der Waals surface area contributed by atoms with Crippen LogP contribution in [0.3, 0.4) is 0 Å². The minimum atomic E-state index is -4.89. The van der Waals surface area contributed by atoms with Gasteiger partial charge < -0.3 is 4.57 Å². The van der Waals surface area contributed by atoms with Crippen LogP contribution in [0.2, 0.25) is 0 Å². The third-order valence-electron chi connectivity index (χ3n) is 5.24. The monoisotopic (exact) mass is 458 g/mol. The highest BCUT2D eigenvalue weighted by Crippen LogP contribution is 2.41. The molecular weight excluding hydrogens is 436 g/mol. The molecule has 11 heteroatoms. The Labute approximate surface area is 176 Å². The third kappa shape index (κ3) is 4.33. The van der Waals surface area contributed by atoms with Crippen molar-refractivity contribution in [2.24, 2.45) is 5.92 Å². The number of aromatic amines is 1. The van der Waals surface area contributed by atoms with Gasteiger partial charge in [0.05, 0.1) is 10.9 Å². The van der Waals surface area contributed by atoms with Crippen LogP contribution in [0.1, 0.15) is 38.3 Å². The van der Waals surface area contributed by atoms with Crippen LogP contribution in [0.25, 0.3) is 22.2 Å². The number of benzene rings is 1. The van der Waals surface area contributed by atoms with E-state index in [1.165, 1.54) is 18.5 Å². The van der Waals surface area contributed by atoms with Crippen molar-refractivity contribution < 1.29 is 26.0 Å². The molecule has 31 heavy (non-hydrogen) atoms. The highest BCUT2D eigenvalue weighted by molar-refractivity contribution is 7.90. The number of hydrogen-bond acceptors (Lipinski definition) is 3. The number of hydrogen-bond donors (Lipinski definition) is 2. The van der Waals surface area contributed by atoms with Gasteiger partial charge in [-0.1, -0.05) is 13.8 Å². The maximum Gasteiger partial charge on any atom is 0.408 e. The van der Waals surface area contributed by atoms with Crippen molar-refractivity contribution in [1.82, 2.24) is 19.5 Å². The fourth-order valence-electron chi connectivity index (χ4n) is 3.67. The molecule has 3 aromatic rings. The van der Waals surface area contributed by atoms with Gasteiger partial charge in [0.25, 0.3) is 0 Å². The number of alkyl halides is 3. The molecule has 1 unspecified atom stereocenters. The maximum atomic E-state index is 14.9. The maximum absolute atomic E-state index is 14.9. The van der Waals surface area contributed by atoms with Crippen LogP contribution in [0, 0.1) is 11.7 Å². The molecule has 2 heterocycles. The van der Waals surface area contributed by atoms with Crippen LogP contribution >= 0.6 is 0 Å². The van der Waals surface area contributed by atoms with E-state index in [1.807, 2.05) is 18.6 Å². The van der Waals surface area contributed by atoms with E-state index in [1.54, 1.807) is 10.6 Å². The Morgan fingerprint density at radius 1 is 1.29 bits per heavy atom. The van der Waals surface area contributed by atoms with Crippen LogP contribution in [-0.2, 0) is 16.6 Å². The highest BCUT2D eigenvalue weighted by atomic mass is 32.2.